The van der Waals surface area contributed by atoms with Crippen LogP contribution in [0.1, 0.15) is 32.6 Å². The number of hydrogen-bond donors (Lipinski definition) is 3. The fraction of sp³-hybridized carbons (Fsp3) is 0.615. The Bertz CT molecular complexity index is 393. The molecule has 106 valence electrons. The third kappa shape index (κ3) is 3.89. The van der Waals surface area contributed by atoms with Crippen molar-refractivity contribution in [3.8, 4) is 0 Å². The molecule has 1 saturated carbocycles. The average molecular weight is 269 g/mol. The summed E-state index contributed by atoms with van der Waals surface area (Å²) in [5, 5.41) is 20.5. The number of aliphatic hydroxyl groups is 1. The smallest absolute Gasteiger partial charge is 0.307 e. The highest BCUT2D eigenvalue weighted by Gasteiger charge is 2.35. The summed E-state index contributed by atoms with van der Waals surface area (Å²) < 4.78 is 0. The van der Waals surface area contributed by atoms with E-state index in [4.69, 9.17) is 10.2 Å². The molecule has 3 N–H and O–H groups in total. The average Bonchev–Trinajstić information content (AvgIpc) is 2.35. The van der Waals surface area contributed by atoms with Crippen molar-refractivity contribution in [2.45, 2.75) is 32.6 Å². The third-order valence-electron chi connectivity index (χ3n) is 3.10. The molecule has 0 atom stereocenters. The van der Waals surface area contributed by atoms with Gasteiger partial charge in [0.05, 0.1) is 11.5 Å². The van der Waals surface area contributed by atoms with E-state index in [1.165, 1.54) is 0 Å². The lowest BCUT2D eigenvalue weighted by Gasteiger charge is -2.21. The van der Waals surface area contributed by atoms with Gasteiger partial charge in [-0.2, -0.15) is 0 Å². The Morgan fingerprint density at radius 3 is 2.32 bits per heavy atom. The van der Waals surface area contributed by atoms with Crippen molar-refractivity contribution >= 4 is 17.5 Å². The maximum Gasteiger partial charge on any atom is 0.307 e. The SMILES string of the molecule is CCC(NCCCO)=C1C(=O)CC(C(=O)O)CC1=O. The Hall–Kier alpha value is -1.69. The van der Waals surface area contributed by atoms with Gasteiger partial charge >= 0.3 is 5.97 Å². The van der Waals surface area contributed by atoms with Gasteiger partial charge in [-0.05, 0) is 12.8 Å². The first kappa shape index (κ1) is 15.4. The molecule has 1 rings (SSSR count). The van der Waals surface area contributed by atoms with Gasteiger partial charge in [0.15, 0.2) is 11.6 Å². The summed E-state index contributed by atoms with van der Waals surface area (Å²) in [6.45, 7) is 2.33. The fourth-order valence-corrected chi connectivity index (χ4v) is 2.10. The van der Waals surface area contributed by atoms with E-state index in [0.29, 0.717) is 25.1 Å². The van der Waals surface area contributed by atoms with E-state index in [9.17, 15) is 14.4 Å². The second kappa shape index (κ2) is 7.04. The van der Waals surface area contributed by atoms with E-state index < -0.39 is 23.5 Å². The Labute approximate surface area is 111 Å². The van der Waals surface area contributed by atoms with Gasteiger partial charge in [0.2, 0.25) is 0 Å². The van der Waals surface area contributed by atoms with E-state index in [1.807, 2.05) is 6.92 Å². The minimum atomic E-state index is -1.10. The predicted octanol–water partition coefficient (Wildman–Crippen LogP) is 0.255. The number of allylic oxidation sites excluding steroid dienone is 2. The van der Waals surface area contributed by atoms with Crippen molar-refractivity contribution in [1.82, 2.24) is 5.32 Å². The second-order valence-corrected chi connectivity index (χ2v) is 4.50. The summed E-state index contributed by atoms with van der Waals surface area (Å²) in [4.78, 5) is 34.7. The van der Waals surface area contributed by atoms with Gasteiger partial charge in [0.1, 0.15) is 0 Å². The van der Waals surface area contributed by atoms with E-state index in [1.54, 1.807) is 0 Å². The topological polar surface area (TPSA) is 104 Å². The number of carboxylic acids is 1. The standard InChI is InChI=1S/C13H19NO5/c1-2-9(14-4-3-5-15)12-10(16)6-8(13(18)19)7-11(12)17/h8,14-15H,2-7H2,1H3,(H,18,19). The van der Waals surface area contributed by atoms with E-state index >= 15 is 0 Å². The molecule has 0 heterocycles. The molecule has 6 heteroatoms. The van der Waals surface area contributed by atoms with Crippen LogP contribution in [0.2, 0.25) is 0 Å². The highest BCUT2D eigenvalue weighted by Crippen LogP contribution is 2.25. The first-order valence-corrected chi connectivity index (χ1v) is 6.38. The van der Waals surface area contributed by atoms with Gasteiger partial charge in [0.25, 0.3) is 0 Å². The maximum atomic E-state index is 11.9. The van der Waals surface area contributed by atoms with E-state index in [0.717, 1.165) is 0 Å². The first-order valence-electron chi connectivity index (χ1n) is 6.38. The molecule has 6 nitrogen and oxygen atoms in total. The molecule has 1 fully saturated rings. The largest absolute Gasteiger partial charge is 0.481 e. The van der Waals surface area contributed by atoms with Crippen LogP contribution in [0, 0.1) is 5.92 Å². The lowest BCUT2D eigenvalue weighted by Crippen LogP contribution is -2.33. The highest BCUT2D eigenvalue weighted by atomic mass is 16.4. The summed E-state index contributed by atoms with van der Waals surface area (Å²) in [5.74, 6) is -2.82. The monoisotopic (exact) mass is 269 g/mol. The molecule has 19 heavy (non-hydrogen) atoms. The molecule has 0 bridgehead atoms. The molecule has 0 spiro atoms. The summed E-state index contributed by atoms with van der Waals surface area (Å²) in [7, 11) is 0. The quantitative estimate of drug-likeness (QED) is 0.363. The number of aliphatic hydroxyl groups excluding tert-OH is 1. The number of aliphatic carboxylic acids is 1. The molecule has 1 aliphatic rings. The van der Waals surface area contributed by atoms with Crippen molar-refractivity contribution < 1.29 is 24.6 Å². The van der Waals surface area contributed by atoms with Crippen molar-refractivity contribution in [2.24, 2.45) is 5.92 Å². The first-order chi connectivity index (χ1) is 9.01. The molecular formula is C13H19NO5. The zero-order chi connectivity index (χ0) is 14.4. The molecule has 0 unspecified atom stereocenters. The number of Topliss-reactive ketones (excluding diaryl/α,β-unsaturated/α-hetero) is 2. The number of carboxylic acid groups (broad SMARTS) is 1. The number of carbonyl (C=O) groups is 3. The molecule has 0 saturated heterocycles. The lowest BCUT2D eigenvalue weighted by atomic mass is 9.82. The van der Waals surface area contributed by atoms with Crippen LogP contribution in [-0.2, 0) is 14.4 Å². The van der Waals surface area contributed by atoms with Crippen LogP contribution in [0.25, 0.3) is 0 Å². The normalized spacial score (nSPS) is 19.5. The number of hydrogen-bond acceptors (Lipinski definition) is 5. The molecule has 0 aliphatic heterocycles. The summed E-state index contributed by atoms with van der Waals surface area (Å²) in [6, 6.07) is 0. The Morgan fingerprint density at radius 2 is 1.89 bits per heavy atom. The van der Waals surface area contributed by atoms with Gasteiger partial charge in [-0.15, -0.1) is 0 Å². The molecule has 0 aromatic rings. The van der Waals surface area contributed by atoms with Crippen molar-refractivity contribution in [2.75, 3.05) is 13.2 Å². The zero-order valence-electron chi connectivity index (χ0n) is 10.9. The molecule has 0 aromatic heterocycles. The Balaban J connectivity index is 2.87. The summed E-state index contributed by atoms with van der Waals surface area (Å²) >= 11 is 0. The van der Waals surface area contributed by atoms with Crippen LogP contribution in [0.3, 0.4) is 0 Å². The Kier molecular flexibility index (Phi) is 5.69. The van der Waals surface area contributed by atoms with Crippen LogP contribution in [0.15, 0.2) is 11.3 Å². The molecule has 1 aliphatic carbocycles. The molecular weight excluding hydrogens is 250 g/mol. The van der Waals surface area contributed by atoms with E-state index in [-0.39, 0.29) is 25.0 Å². The van der Waals surface area contributed by atoms with Gasteiger partial charge in [-0.1, -0.05) is 6.92 Å². The zero-order valence-corrected chi connectivity index (χ0v) is 10.9. The van der Waals surface area contributed by atoms with Crippen LogP contribution in [0.4, 0.5) is 0 Å². The maximum absolute atomic E-state index is 11.9. The third-order valence-corrected chi connectivity index (χ3v) is 3.10. The summed E-state index contributed by atoms with van der Waals surface area (Å²) in [5.41, 5.74) is 0.658. The fourth-order valence-electron chi connectivity index (χ4n) is 2.10. The van der Waals surface area contributed by atoms with Gasteiger partial charge in [0, 0.05) is 31.7 Å². The number of nitrogens with one attached hydrogen (secondary N) is 1. The van der Waals surface area contributed by atoms with Crippen molar-refractivity contribution in [3.05, 3.63) is 11.3 Å². The van der Waals surface area contributed by atoms with Crippen molar-refractivity contribution in [3.63, 3.8) is 0 Å². The summed E-state index contributed by atoms with van der Waals surface area (Å²) in [6.07, 6.45) is 0.774. The highest BCUT2D eigenvalue weighted by molar-refractivity contribution is 6.23. The molecule has 0 radical (unpaired) electrons. The Morgan fingerprint density at radius 1 is 1.32 bits per heavy atom. The number of ketones is 2. The predicted molar refractivity (Wildman–Crippen MR) is 67.4 cm³/mol. The van der Waals surface area contributed by atoms with Crippen molar-refractivity contribution in [1.29, 1.82) is 0 Å². The van der Waals surface area contributed by atoms with Crippen LogP contribution in [0.5, 0.6) is 0 Å². The molecule has 0 aromatic carbocycles. The van der Waals surface area contributed by atoms with Crippen LogP contribution in [-0.4, -0.2) is 40.9 Å². The van der Waals surface area contributed by atoms with Crippen LogP contribution < -0.4 is 5.32 Å². The number of carbonyl (C=O) groups excluding carboxylic acids is 2. The van der Waals surface area contributed by atoms with Crippen LogP contribution >= 0.6 is 0 Å². The minimum absolute atomic E-state index is 0.0301. The van der Waals surface area contributed by atoms with E-state index in [2.05, 4.69) is 5.32 Å². The molecule has 0 amide bonds. The van der Waals surface area contributed by atoms with Gasteiger partial charge in [-0.25, -0.2) is 0 Å². The second-order valence-electron chi connectivity index (χ2n) is 4.50. The van der Waals surface area contributed by atoms with Gasteiger partial charge in [-0.3, -0.25) is 14.4 Å². The number of rotatable bonds is 6. The minimum Gasteiger partial charge on any atom is -0.481 e. The lowest BCUT2D eigenvalue weighted by molar-refractivity contribution is -0.146. The van der Waals surface area contributed by atoms with Gasteiger partial charge < -0.3 is 15.5 Å².